The lowest BCUT2D eigenvalue weighted by Crippen LogP contribution is -2.19. The zero-order chi connectivity index (χ0) is 22.0. The summed E-state index contributed by atoms with van der Waals surface area (Å²) in [5.74, 6) is 1.99. The van der Waals surface area contributed by atoms with Gasteiger partial charge in [0.15, 0.2) is 11.5 Å². The number of likely N-dealkylation sites (N-methyl/N-ethyl adjacent to an activating group) is 1. The van der Waals surface area contributed by atoms with E-state index in [1.54, 1.807) is 14.2 Å². The fourth-order valence-corrected chi connectivity index (χ4v) is 3.69. The Balaban J connectivity index is 0.00000289. The first-order valence-corrected chi connectivity index (χ1v) is 9.84. The number of ether oxygens (including phenoxy) is 3. The summed E-state index contributed by atoms with van der Waals surface area (Å²) in [6.07, 6.45) is 0. The molecule has 0 atom stereocenters. The van der Waals surface area contributed by atoms with Crippen LogP contribution < -0.4 is 14.2 Å². The maximum absolute atomic E-state index is 8.86. The lowest BCUT2D eigenvalue weighted by atomic mass is 10.1. The Hall–Kier alpha value is -3.41. The molecule has 0 saturated heterocycles. The average Bonchev–Trinajstić information content (AvgIpc) is 3.27. The van der Waals surface area contributed by atoms with Crippen LogP contribution in [0.3, 0.4) is 0 Å². The molecule has 1 aliphatic rings. The second-order valence-corrected chi connectivity index (χ2v) is 7.36. The van der Waals surface area contributed by atoms with Gasteiger partial charge in [-0.2, -0.15) is 5.26 Å². The average molecular weight is 457 g/mol. The molecule has 0 radical (unpaired) electrons. The number of H-pyrrole nitrogens is 1. The topological polar surface area (TPSA) is 92.1 Å². The number of nitrogens with zero attached hydrogens (tertiary/aromatic N) is 3. The van der Waals surface area contributed by atoms with Gasteiger partial charge in [0.25, 0.3) is 0 Å². The molecule has 1 aliphatic carbocycles. The van der Waals surface area contributed by atoms with Crippen molar-refractivity contribution in [2.24, 2.45) is 5.16 Å². The van der Waals surface area contributed by atoms with Gasteiger partial charge in [0.05, 0.1) is 19.9 Å². The molecule has 0 spiro atoms. The fraction of sp³-hybridized carbons (Fsp3) is 0.304. The molecule has 3 aromatic rings. The van der Waals surface area contributed by atoms with Gasteiger partial charge in [0, 0.05) is 34.1 Å². The third-order valence-corrected chi connectivity index (χ3v) is 5.15. The first-order valence-electron chi connectivity index (χ1n) is 9.84. The molecule has 0 amide bonds. The van der Waals surface area contributed by atoms with Crippen molar-refractivity contribution in [3.63, 3.8) is 0 Å². The van der Waals surface area contributed by atoms with E-state index in [-0.39, 0.29) is 19.0 Å². The molecule has 1 heterocycles. The van der Waals surface area contributed by atoms with Crippen LogP contribution in [0.1, 0.15) is 11.1 Å². The van der Waals surface area contributed by atoms with E-state index in [2.05, 4.69) is 15.0 Å². The van der Waals surface area contributed by atoms with Crippen LogP contribution in [0.2, 0.25) is 0 Å². The van der Waals surface area contributed by atoms with Gasteiger partial charge < -0.3 is 28.9 Å². The van der Waals surface area contributed by atoms with Crippen molar-refractivity contribution in [3.8, 4) is 34.6 Å². The molecule has 8 nitrogen and oxygen atoms in total. The number of halogens is 1. The molecule has 2 aromatic carbocycles. The molecule has 0 unspecified atom stereocenters. The van der Waals surface area contributed by atoms with Crippen LogP contribution in [0.15, 0.2) is 35.5 Å². The number of fused-ring (bicyclic) bond motifs is 5. The number of methoxy groups -OCH3 is 2. The fourth-order valence-electron chi connectivity index (χ4n) is 3.69. The molecular formula is C23H25ClN4O4. The standard InChI is InChI=1S/C23H24N4O4.ClH/c1-27(2)8-10-30-14-5-6-18-17(11-14)21-22(25-18)15-12-19(28-3)20(29-4)13-16(15)23(21)26-31-9-7-24;/h5-6,11-13,25H,8-10H2,1-4H3;1H/b26-23-;. The summed E-state index contributed by atoms with van der Waals surface area (Å²) < 4.78 is 16.9. The molecule has 0 fully saturated rings. The Morgan fingerprint density at radius 2 is 1.78 bits per heavy atom. The van der Waals surface area contributed by atoms with Crippen LogP contribution >= 0.6 is 12.4 Å². The van der Waals surface area contributed by atoms with Gasteiger partial charge in [0.1, 0.15) is 24.1 Å². The quantitative estimate of drug-likeness (QED) is 0.320. The van der Waals surface area contributed by atoms with Gasteiger partial charge in [-0.3, -0.25) is 0 Å². The highest BCUT2D eigenvalue weighted by molar-refractivity contribution is 6.30. The summed E-state index contributed by atoms with van der Waals surface area (Å²) in [4.78, 5) is 10.8. The first kappa shape index (κ1) is 23.3. The lowest BCUT2D eigenvalue weighted by molar-refractivity contribution is 0.179. The summed E-state index contributed by atoms with van der Waals surface area (Å²) in [5.41, 5.74) is 5.18. The molecule has 0 bridgehead atoms. The summed E-state index contributed by atoms with van der Waals surface area (Å²) in [6, 6.07) is 11.7. The van der Waals surface area contributed by atoms with E-state index in [1.807, 2.05) is 50.5 Å². The normalized spacial score (nSPS) is 12.8. The Kier molecular flexibility index (Phi) is 7.13. The van der Waals surface area contributed by atoms with E-state index in [9.17, 15) is 0 Å². The second-order valence-electron chi connectivity index (χ2n) is 7.36. The third kappa shape index (κ3) is 4.17. The van der Waals surface area contributed by atoms with Crippen molar-refractivity contribution in [2.75, 3.05) is 48.1 Å². The highest BCUT2D eigenvalue weighted by Gasteiger charge is 2.32. The summed E-state index contributed by atoms with van der Waals surface area (Å²) in [5, 5.41) is 14.1. The van der Waals surface area contributed by atoms with Crippen molar-refractivity contribution < 1.29 is 19.0 Å². The van der Waals surface area contributed by atoms with Crippen molar-refractivity contribution in [2.45, 2.75) is 0 Å². The van der Waals surface area contributed by atoms with Crippen molar-refractivity contribution in [1.82, 2.24) is 9.88 Å². The molecule has 168 valence electrons. The maximum atomic E-state index is 8.86. The van der Waals surface area contributed by atoms with Crippen LogP contribution in [0.4, 0.5) is 0 Å². The highest BCUT2D eigenvalue weighted by atomic mass is 35.5. The van der Waals surface area contributed by atoms with Crippen molar-refractivity contribution >= 4 is 29.0 Å². The molecule has 0 aliphatic heterocycles. The van der Waals surface area contributed by atoms with Crippen LogP contribution in [-0.4, -0.2) is 63.7 Å². The van der Waals surface area contributed by atoms with Crippen LogP contribution in [0.25, 0.3) is 22.2 Å². The zero-order valence-electron chi connectivity index (χ0n) is 18.4. The van der Waals surface area contributed by atoms with Crippen molar-refractivity contribution in [3.05, 3.63) is 41.5 Å². The van der Waals surface area contributed by atoms with E-state index < -0.39 is 0 Å². The predicted octanol–water partition coefficient (Wildman–Crippen LogP) is 3.82. The number of nitrogens with one attached hydrogen (secondary N) is 1. The minimum atomic E-state index is -0.136. The number of benzene rings is 2. The van der Waals surface area contributed by atoms with Gasteiger partial charge in [-0.05, 0) is 44.4 Å². The Morgan fingerprint density at radius 3 is 2.44 bits per heavy atom. The smallest absolute Gasteiger partial charge is 0.202 e. The highest BCUT2D eigenvalue weighted by Crippen LogP contribution is 2.45. The number of nitriles is 1. The number of aromatic nitrogens is 1. The van der Waals surface area contributed by atoms with Crippen LogP contribution in [-0.2, 0) is 4.84 Å². The lowest BCUT2D eigenvalue weighted by Gasteiger charge is -2.12. The number of hydrogen-bond donors (Lipinski definition) is 1. The van der Waals surface area contributed by atoms with E-state index in [1.165, 1.54) is 0 Å². The zero-order valence-corrected chi connectivity index (χ0v) is 19.2. The van der Waals surface area contributed by atoms with Gasteiger partial charge in [0.2, 0.25) is 6.61 Å². The maximum Gasteiger partial charge on any atom is 0.202 e. The molecular weight excluding hydrogens is 432 g/mol. The van der Waals surface area contributed by atoms with E-state index in [0.29, 0.717) is 23.8 Å². The molecule has 32 heavy (non-hydrogen) atoms. The summed E-state index contributed by atoms with van der Waals surface area (Å²) >= 11 is 0. The van der Waals surface area contributed by atoms with Gasteiger partial charge in [-0.1, -0.05) is 5.16 Å². The predicted molar refractivity (Wildman–Crippen MR) is 125 cm³/mol. The number of rotatable bonds is 8. The third-order valence-electron chi connectivity index (χ3n) is 5.15. The minimum absolute atomic E-state index is 0. The molecule has 9 heteroatoms. The van der Waals surface area contributed by atoms with Gasteiger partial charge >= 0.3 is 0 Å². The SMILES string of the molecule is COc1cc2c(cc1OC)-c1[nH]c3ccc(OCCN(C)C)cc3c1/C2=N\OCC#N.Cl. The van der Waals surface area contributed by atoms with Gasteiger partial charge in [-0.25, -0.2) is 0 Å². The molecule has 1 aromatic heterocycles. The number of oxime groups is 1. The van der Waals surface area contributed by atoms with Crippen LogP contribution in [0.5, 0.6) is 17.2 Å². The minimum Gasteiger partial charge on any atom is -0.493 e. The molecule has 1 N–H and O–H groups in total. The Labute approximate surface area is 192 Å². The van der Waals surface area contributed by atoms with Crippen LogP contribution in [0, 0.1) is 11.3 Å². The summed E-state index contributed by atoms with van der Waals surface area (Å²) in [7, 11) is 7.21. The molecule has 0 saturated carbocycles. The van der Waals surface area contributed by atoms with E-state index in [4.69, 9.17) is 24.3 Å². The van der Waals surface area contributed by atoms with E-state index in [0.717, 1.165) is 45.6 Å². The summed E-state index contributed by atoms with van der Waals surface area (Å²) in [6.45, 7) is 1.28. The van der Waals surface area contributed by atoms with Crippen molar-refractivity contribution in [1.29, 1.82) is 5.26 Å². The monoisotopic (exact) mass is 456 g/mol. The van der Waals surface area contributed by atoms with E-state index >= 15 is 0 Å². The van der Waals surface area contributed by atoms with Gasteiger partial charge in [-0.15, -0.1) is 12.4 Å². The first-order chi connectivity index (χ1) is 15.1. The second kappa shape index (κ2) is 9.81. The molecule has 4 rings (SSSR count). The Bertz CT molecular complexity index is 1200. The Morgan fingerprint density at radius 1 is 1.06 bits per heavy atom. The number of hydrogen-bond acceptors (Lipinski definition) is 7. The largest absolute Gasteiger partial charge is 0.493 e. The number of aromatic amines is 1.